The first-order valence-corrected chi connectivity index (χ1v) is 12.6. The summed E-state index contributed by atoms with van der Waals surface area (Å²) in [6.07, 6.45) is 1.93. The molecule has 0 unspecified atom stereocenters. The van der Waals surface area contributed by atoms with Crippen molar-refractivity contribution in [2.24, 2.45) is 0 Å². The van der Waals surface area contributed by atoms with Crippen molar-refractivity contribution in [3.63, 3.8) is 0 Å². The number of para-hydroxylation sites is 1. The van der Waals surface area contributed by atoms with Gasteiger partial charge in [0.05, 0.1) is 17.6 Å². The van der Waals surface area contributed by atoms with Crippen molar-refractivity contribution >= 4 is 40.5 Å². The van der Waals surface area contributed by atoms with E-state index in [9.17, 15) is 4.79 Å². The topological polar surface area (TPSA) is 50.7 Å². The van der Waals surface area contributed by atoms with Gasteiger partial charge in [0, 0.05) is 44.3 Å². The molecule has 0 bridgehead atoms. The molecule has 2 aromatic heterocycles. The first kappa shape index (κ1) is 23.2. The Kier molecular flexibility index (Phi) is 6.83. The lowest BCUT2D eigenvalue weighted by Crippen LogP contribution is -2.46. The van der Waals surface area contributed by atoms with Gasteiger partial charge in [-0.15, -0.1) is 5.10 Å². The largest absolute Gasteiger partial charge is 0.297 e. The summed E-state index contributed by atoms with van der Waals surface area (Å²) < 4.78 is 6.23. The molecular weight excluding hydrogens is 468 g/mol. The molecule has 0 spiro atoms. The Morgan fingerprint density at radius 3 is 2.44 bits per heavy atom. The summed E-state index contributed by atoms with van der Waals surface area (Å²) in [7, 11) is 0. The van der Waals surface area contributed by atoms with Gasteiger partial charge in [0.1, 0.15) is 0 Å². The molecule has 34 heavy (non-hydrogen) atoms. The lowest BCUT2D eigenvalue weighted by Gasteiger charge is -2.34. The molecule has 0 radical (unpaired) electrons. The van der Waals surface area contributed by atoms with Crippen LogP contribution in [0.5, 0.6) is 0 Å². The third-order valence-electron chi connectivity index (χ3n) is 6.54. The van der Waals surface area contributed by atoms with Crippen LogP contribution in [0, 0.1) is 4.77 Å². The minimum Gasteiger partial charge on any atom is -0.297 e. The van der Waals surface area contributed by atoms with Crippen molar-refractivity contribution in [2.75, 3.05) is 26.2 Å². The Balaban J connectivity index is 1.38. The second kappa shape index (κ2) is 10.00. The molecule has 1 aliphatic rings. The molecule has 0 aliphatic carbocycles. The Labute approximate surface area is 208 Å². The highest BCUT2D eigenvalue weighted by atomic mass is 35.5. The van der Waals surface area contributed by atoms with Crippen LogP contribution in [0.4, 0.5) is 0 Å². The maximum atomic E-state index is 13.2. The van der Waals surface area contributed by atoms with Gasteiger partial charge in [-0.05, 0) is 48.5 Å². The zero-order chi connectivity index (χ0) is 23.7. The number of aromatic nitrogens is 4. The van der Waals surface area contributed by atoms with Crippen LogP contribution in [-0.2, 0) is 19.8 Å². The number of halogens is 1. The first-order chi connectivity index (χ1) is 16.5. The third kappa shape index (κ3) is 4.55. The Morgan fingerprint density at radius 1 is 1.00 bits per heavy atom. The summed E-state index contributed by atoms with van der Waals surface area (Å²) in [4.78, 5) is 18.0. The highest BCUT2D eigenvalue weighted by Crippen LogP contribution is 2.16. The van der Waals surface area contributed by atoms with Crippen LogP contribution in [0.1, 0.15) is 25.3 Å². The second-order valence-electron chi connectivity index (χ2n) is 8.91. The van der Waals surface area contributed by atoms with E-state index in [2.05, 4.69) is 28.9 Å². The van der Waals surface area contributed by atoms with E-state index in [1.165, 1.54) is 5.56 Å². The number of hydrogen-bond acceptors (Lipinski definition) is 5. The van der Waals surface area contributed by atoms with Crippen molar-refractivity contribution in [3.8, 4) is 0 Å². The number of benzene rings is 2. The third-order valence-corrected chi connectivity index (χ3v) is 7.18. The lowest BCUT2D eigenvalue weighted by molar-refractivity contribution is 0.0982. The molecule has 178 valence electrons. The molecule has 0 N–H and O–H groups in total. The van der Waals surface area contributed by atoms with Crippen LogP contribution in [0.15, 0.2) is 53.3 Å². The molecule has 1 saturated heterocycles. The predicted molar refractivity (Wildman–Crippen MR) is 139 cm³/mol. The molecule has 4 aromatic rings. The van der Waals surface area contributed by atoms with Gasteiger partial charge >= 0.3 is 0 Å². The molecule has 2 aromatic carbocycles. The normalized spacial score (nSPS) is 15.5. The Morgan fingerprint density at radius 2 is 1.71 bits per heavy atom. The highest BCUT2D eigenvalue weighted by molar-refractivity contribution is 7.71. The summed E-state index contributed by atoms with van der Waals surface area (Å²) in [6.45, 7) is 8.14. The molecule has 3 heterocycles. The SMILES string of the molecule is CCCCn1c(=O)c2ccccc2n2c(=S)n(CN3CCN(Cc4ccc(Cl)cc4)CC3)nc12. The zero-order valence-electron chi connectivity index (χ0n) is 19.4. The molecule has 7 nitrogen and oxygen atoms in total. The van der Waals surface area contributed by atoms with E-state index in [4.69, 9.17) is 28.9 Å². The van der Waals surface area contributed by atoms with Gasteiger partial charge in [0.2, 0.25) is 10.5 Å². The molecule has 5 rings (SSSR count). The van der Waals surface area contributed by atoms with E-state index in [1.54, 1.807) is 4.57 Å². The van der Waals surface area contributed by atoms with E-state index in [0.29, 0.717) is 29.1 Å². The number of piperazine rings is 1. The van der Waals surface area contributed by atoms with Gasteiger partial charge in [-0.2, -0.15) is 0 Å². The molecular formula is C25H29ClN6OS. The van der Waals surface area contributed by atoms with Gasteiger partial charge in [-0.1, -0.05) is 49.2 Å². The fraction of sp³-hybridized carbons (Fsp3) is 0.400. The van der Waals surface area contributed by atoms with Crippen LogP contribution in [-0.4, -0.2) is 54.7 Å². The fourth-order valence-corrected chi connectivity index (χ4v) is 5.01. The first-order valence-electron chi connectivity index (χ1n) is 11.9. The number of nitrogens with zero attached hydrogens (tertiary/aromatic N) is 6. The maximum absolute atomic E-state index is 13.2. The minimum absolute atomic E-state index is 0.000450. The van der Waals surface area contributed by atoms with Crippen LogP contribution < -0.4 is 5.56 Å². The molecule has 0 saturated carbocycles. The van der Waals surface area contributed by atoms with Crippen molar-refractivity contribution in [3.05, 3.63) is 74.2 Å². The minimum atomic E-state index is -0.000450. The summed E-state index contributed by atoms with van der Waals surface area (Å²) in [5, 5.41) is 6.28. The Hall–Kier alpha value is -2.52. The fourth-order valence-electron chi connectivity index (χ4n) is 4.60. The maximum Gasteiger partial charge on any atom is 0.262 e. The highest BCUT2D eigenvalue weighted by Gasteiger charge is 2.20. The summed E-state index contributed by atoms with van der Waals surface area (Å²) in [6, 6.07) is 15.7. The van der Waals surface area contributed by atoms with Crippen LogP contribution in [0.25, 0.3) is 16.7 Å². The van der Waals surface area contributed by atoms with Crippen LogP contribution in [0.2, 0.25) is 5.02 Å². The van der Waals surface area contributed by atoms with Gasteiger partial charge in [0.15, 0.2) is 0 Å². The van der Waals surface area contributed by atoms with Crippen molar-refractivity contribution in [1.29, 1.82) is 0 Å². The van der Waals surface area contributed by atoms with Gasteiger partial charge in [-0.3, -0.25) is 23.6 Å². The van der Waals surface area contributed by atoms with E-state index in [1.807, 2.05) is 45.5 Å². The van der Waals surface area contributed by atoms with Crippen molar-refractivity contribution in [2.45, 2.75) is 39.5 Å². The second-order valence-corrected chi connectivity index (χ2v) is 9.71. The number of fused-ring (bicyclic) bond motifs is 3. The smallest absolute Gasteiger partial charge is 0.262 e. The summed E-state index contributed by atoms with van der Waals surface area (Å²) >= 11 is 11.9. The van der Waals surface area contributed by atoms with Gasteiger partial charge in [-0.25, -0.2) is 4.68 Å². The van der Waals surface area contributed by atoms with Gasteiger partial charge in [0.25, 0.3) is 5.56 Å². The molecule has 1 fully saturated rings. The Bertz CT molecular complexity index is 1420. The average Bonchev–Trinajstić information content (AvgIpc) is 3.17. The monoisotopic (exact) mass is 496 g/mol. The van der Waals surface area contributed by atoms with Crippen molar-refractivity contribution < 1.29 is 0 Å². The standard InChI is InChI=1S/C25H29ClN6OS/c1-2-3-12-30-23(33)21-6-4-5-7-22(21)32-24(30)27-31(25(32)34)18-29-15-13-28(14-16-29)17-19-8-10-20(26)11-9-19/h4-11H,2-3,12-18H2,1H3. The molecule has 0 atom stereocenters. The average molecular weight is 497 g/mol. The van der Waals surface area contributed by atoms with E-state index in [0.717, 1.165) is 56.1 Å². The number of unbranched alkanes of at least 4 members (excludes halogenated alkanes) is 1. The molecule has 9 heteroatoms. The lowest BCUT2D eigenvalue weighted by atomic mass is 10.2. The van der Waals surface area contributed by atoms with Gasteiger partial charge < -0.3 is 0 Å². The van der Waals surface area contributed by atoms with Crippen LogP contribution >= 0.6 is 23.8 Å². The van der Waals surface area contributed by atoms with Crippen LogP contribution in [0.3, 0.4) is 0 Å². The molecule has 0 amide bonds. The van der Waals surface area contributed by atoms with E-state index in [-0.39, 0.29) is 5.56 Å². The van der Waals surface area contributed by atoms with Crippen molar-refractivity contribution in [1.82, 2.24) is 28.5 Å². The van der Waals surface area contributed by atoms with E-state index >= 15 is 0 Å². The quantitative estimate of drug-likeness (QED) is 0.355. The number of rotatable bonds is 7. The summed E-state index contributed by atoms with van der Waals surface area (Å²) in [5.74, 6) is 0.628. The number of aryl methyl sites for hydroxylation is 1. The summed E-state index contributed by atoms with van der Waals surface area (Å²) in [5.41, 5.74) is 2.09. The number of hydrogen-bond donors (Lipinski definition) is 0. The predicted octanol–water partition coefficient (Wildman–Crippen LogP) is 4.41. The zero-order valence-corrected chi connectivity index (χ0v) is 20.9. The molecule has 1 aliphatic heterocycles. The van der Waals surface area contributed by atoms with E-state index < -0.39 is 0 Å².